The zero-order valence-electron chi connectivity index (χ0n) is 14.1. The topological polar surface area (TPSA) is 33.7 Å². The summed E-state index contributed by atoms with van der Waals surface area (Å²) in [5.41, 5.74) is 2.60. The molecule has 0 amide bonds. The van der Waals surface area contributed by atoms with Crippen LogP contribution >= 0.6 is 0 Å². The van der Waals surface area contributed by atoms with E-state index in [2.05, 4.69) is 48.3 Å². The minimum Gasteiger partial charge on any atom is -0.383 e. The fourth-order valence-electron chi connectivity index (χ4n) is 2.44. The van der Waals surface area contributed by atoms with Crippen LogP contribution in [0, 0.1) is 6.92 Å². The normalized spacial score (nSPS) is 14.4. The van der Waals surface area contributed by atoms with Gasteiger partial charge in [-0.1, -0.05) is 29.8 Å². The highest BCUT2D eigenvalue weighted by Gasteiger charge is 2.19. The predicted octanol–water partition coefficient (Wildman–Crippen LogP) is 2.24. The molecule has 0 saturated carbocycles. The second-order valence-electron chi connectivity index (χ2n) is 5.54. The molecule has 1 aromatic rings. The maximum absolute atomic E-state index is 5.30. The van der Waals surface area contributed by atoms with Crippen LogP contribution in [0.4, 0.5) is 0 Å². The van der Waals surface area contributed by atoms with Gasteiger partial charge >= 0.3 is 0 Å². The largest absolute Gasteiger partial charge is 0.383 e. The Kier molecular flexibility index (Phi) is 8.54. The molecule has 0 radical (unpaired) electrons. The summed E-state index contributed by atoms with van der Waals surface area (Å²) in [7, 11) is 5.51. The summed E-state index contributed by atoms with van der Waals surface area (Å²) < 4.78 is 10.5. The maximum atomic E-state index is 5.30. The molecular weight excluding hydrogens is 264 g/mol. The molecule has 0 bridgehead atoms. The highest BCUT2D eigenvalue weighted by Crippen LogP contribution is 2.16. The summed E-state index contributed by atoms with van der Waals surface area (Å²) in [6, 6.07) is 9.40. The molecule has 0 aliphatic rings. The molecule has 0 fully saturated rings. The summed E-state index contributed by atoms with van der Waals surface area (Å²) in [4.78, 5) is 2.41. The average Bonchev–Trinajstić information content (AvgIpc) is 2.49. The van der Waals surface area contributed by atoms with Crippen molar-refractivity contribution in [3.63, 3.8) is 0 Å². The Morgan fingerprint density at radius 1 is 1.14 bits per heavy atom. The molecule has 1 rings (SSSR count). The fourth-order valence-corrected chi connectivity index (χ4v) is 2.44. The number of rotatable bonds is 10. The molecule has 0 aliphatic heterocycles. The molecule has 21 heavy (non-hydrogen) atoms. The minimum atomic E-state index is 0.307. The van der Waals surface area contributed by atoms with Gasteiger partial charge in [-0.15, -0.1) is 0 Å². The summed E-state index contributed by atoms with van der Waals surface area (Å²) >= 11 is 0. The third kappa shape index (κ3) is 6.14. The molecule has 4 heteroatoms. The molecule has 4 nitrogen and oxygen atoms in total. The Labute approximate surface area is 129 Å². The smallest absolute Gasteiger partial charge is 0.0615 e. The molecule has 0 aromatic heterocycles. The Morgan fingerprint density at radius 2 is 1.81 bits per heavy atom. The number of nitrogens with zero attached hydrogens (tertiary/aromatic N) is 1. The summed E-state index contributed by atoms with van der Waals surface area (Å²) in [5, 5.41) is 3.42. The Hall–Kier alpha value is -0.940. The van der Waals surface area contributed by atoms with E-state index in [-0.39, 0.29) is 0 Å². The van der Waals surface area contributed by atoms with Crippen LogP contribution in [0.2, 0.25) is 0 Å². The number of methoxy groups -OCH3 is 2. The van der Waals surface area contributed by atoms with Gasteiger partial charge in [0.2, 0.25) is 0 Å². The fraction of sp³-hybridized carbons (Fsp3) is 0.647. The Morgan fingerprint density at radius 3 is 2.33 bits per heavy atom. The van der Waals surface area contributed by atoms with Crippen LogP contribution in [0.1, 0.15) is 24.1 Å². The van der Waals surface area contributed by atoms with E-state index in [1.165, 1.54) is 11.1 Å². The van der Waals surface area contributed by atoms with Gasteiger partial charge in [-0.05, 0) is 26.5 Å². The molecule has 0 heterocycles. The minimum absolute atomic E-state index is 0.307. The van der Waals surface area contributed by atoms with Crippen molar-refractivity contribution in [2.45, 2.75) is 25.9 Å². The van der Waals surface area contributed by atoms with Crippen molar-refractivity contribution in [3.05, 3.63) is 35.4 Å². The zero-order chi connectivity index (χ0) is 15.7. The number of ether oxygens (including phenoxy) is 2. The van der Waals surface area contributed by atoms with Crippen LogP contribution in [-0.2, 0) is 9.47 Å². The van der Waals surface area contributed by atoms with Crippen molar-refractivity contribution in [2.75, 3.05) is 47.6 Å². The number of benzene rings is 1. The van der Waals surface area contributed by atoms with E-state index in [1.807, 2.05) is 7.05 Å². The molecule has 0 saturated heterocycles. The third-order valence-electron chi connectivity index (χ3n) is 3.86. The second kappa shape index (κ2) is 9.90. The molecule has 1 N–H and O–H groups in total. The lowest BCUT2D eigenvalue weighted by Crippen LogP contribution is -2.43. The first-order valence-electron chi connectivity index (χ1n) is 7.58. The van der Waals surface area contributed by atoms with E-state index in [1.54, 1.807) is 14.2 Å². The van der Waals surface area contributed by atoms with Crippen molar-refractivity contribution in [1.29, 1.82) is 0 Å². The third-order valence-corrected chi connectivity index (χ3v) is 3.86. The van der Waals surface area contributed by atoms with Gasteiger partial charge in [-0.3, -0.25) is 4.90 Å². The average molecular weight is 294 g/mol. The van der Waals surface area contributed by atoms with E-state index < -0.39 is 0 Å². The predicted molar refractivity (Wildman–Crippen MR) is 87.8 cm³/mol. The first-order chi connectivity index (χ1) is 10.1. The van der Waals surface area contributed by atoms with E-state index in [0.29, 0.717) is 12.1 Å². The van der Waals surface area contributed by atoms with E-state index >= 15 is 0 Å². The Balaban J connectivity index is 2.74. The van der Waals surface area contributed by atoms with Crippen LogP contribution in [0.25, 0.3) is 0 Å². The van der Waals surface area contributed by atoms with Gasteiger partial charge < -0.3 is 14.8 Å². The molecule has 1 aromatic carbocycles. The van der Waals surface area contributed by atoms with E-state index in [0.717, 1.165) is 26.3 Å². The lowest BCUT2D eigenvalue weighted by molar-refractivity contribution is 0.0692. The van der Waals surface area contributed by atoms with Crippen molar-refractivity contribution >= 4 is 0 Å². The Bertz CT molecular complexity index is 381. The lowest BCUT2D eigenvalue weighted by atomic mass is 10.0. The van der Waals surface area contributed by atoms with E-state index in [4.69, 9.17) is 9.47 Å². The van der Waals surface area contributed by atoms with E-state index in [9.17, 15) is 0 Å². The summed E-state index contributed by atoms with van der Waals surface area (Å²) in [5.74, 6) is 0. The SMILES string of the molecule is CNC(CN(CCOC)C(C)COC)c1ccc(C)cc1. The summed E-state index contributed by atoms with van der Waals surface area (Å²) in [6.07, 6.45) is 0. The van der Waals surface area contributed by atoms with Crippen LogP contribution < -0.4 is 5.32 Å². The molecule has 0 spiro atoms. The zero-order valence-corrected chi connectivity index (χ0v) is 14.1. The van der Waals surface area contributed by atoms with Gasteiger partial charge in [0.1, 0.15) is 0 Å². The summed E-state index contributed by atoms with van der Waals surface area (Å²) in [6.45, 7) is 7.62. The number of nitrogens with one attached hydrogen (secondary N) is 1. The van der Waals surface area contributed by atoms with Crippen molar-refractivity contribution < 1.29 is 9.47 Å². The number of aryl methyl sites for hydroxylation is 1. The van der Waals surface area contributed by atoms with Crippen LogP contribution in [0.5, 0.6) is 0 Å². The first kappa shape index (κ1) is 18.1. The second-order valence-corrected chi connectivity index (χ2v) is 5.54. The van der Waals surface area contributed by atoms with Crippen LogP contribution in [0.3, 0.4) is 0 Å². The molecule has 2 unspecified atom stereocenters. The number of hydrogen-bond acceptors (Lipinski definition) is 4. The molecule has 120 valence electrons. The van der Waals surface area contributed by atoms with Crippen molar-refractivity contribution in [1.82, 2.24) is 10.2 Å². The van der Waals surface area contributed by atoms with Crippen LogP contribution in [0.15, 0.2) is 24.3 Å². The van der Waals surface area contributed by atoms with Crippen molar-refractivity contribution in [3.8, 4) is 0 Å². The van der Waals surface area contributed by atoms with Crippen molar-refractivity contribution in [2.24, 2.45) is 0 Å². The maximum Gasteiger partial charge on any atom is 0.0615 e. The van der Waals surface area contributed by atoms with Gasteiger partial charge in [0, 0.05) is 39.4 Å². The molecular formula is C17H30N2O2. The quantitative estimate of drug-likeness (QED) is 0.717. The van der Waals surface area contributed by atoms with Gasteiger partial charge in [0.15, 0.2) is 0 Å². The lowest BCUT2D eigenvalue weighted by Gasteiger charge is -2.32. The van der Waals surface area contributed by atoms with Crippen LogP contribution in [-0.4, -0.2) is 58.5 Å². The molecule has 2 atom stereocenters. The van der Waals surface area contributed by atoms with Gasteiger partial charge in [-0.25, -0.2) is 0 Å². The molecule has 0 aliphatic carbocycles. The standard InChI is InChI=1S/C17H30N2O2/c1-14-6-8-16(9-7-14)17(18-3)12-19(10-11-20-4)15(2)13-21-5/h6-9,15,17-18H,10-13H2,1-5H3. The number of likely N-dealkylation sites (N-methyl/N-ethyl adjacent to an activating group) is 1. The van der Waals surface area contributed by atoms with Gasteiger partial charge in [0.25, 0.3) is 0 Å². The first-order valence-corrected chi connectivity index (χ1v) is 7.58. The number of hydrogen-bond donors (Lipinski definition) is 1. The van der Waals surface area contributed by atoms with Gasteiger partial charge in [0.05, 0.1) is 13.2 Å². The highest BCUT2D eigenvalue weighted by atomic mass is 16.5. The monoisotopic (exact) mass is 294 g/mol. The van der Waals surface area contributed by atoms with Gasteiger partial charge in [-0.2, -0.15) is 0 Å². The highest BCUT2D eigenvalue weighted by molar-refractivity contribution is 5.24.